The fourth-order valence-corrected chi connectivity index (χ4v) is 4.31. The van der Waals surface area contributed by atoms with Gasteiger partial charge in [0.1, 0.15) is 5.67 Å². The normalized spacial score (nSPS) is 60.3. The summed E-state index contributed by atoms with van der Waals surface area (Å²) in [7, 11) is 0. The van der Waals surface area contributed by atoms with Crippen LogP contribution in [0.4, 0.5) is 4.39 Å². The van der Waals surface area contributed by atoms with Crippen molar-refractivity contribution in [1.82, 2.24) is 0 Å². The first-order chi connectivity index (χ1) is 6.56. The summed E-state index contributed by atoms with van der Waals surface area (Å²) in [6.45, 7) is 3.85. The zero-order valence-electron chi connectivity index (χ0n) is 8.51. The fourth-order valence-electron chi connectivity index (χ4n) is 4.31. The van der Waals surface area contributed by atoms with Crippen LogP contribution in [0.25, 0.3) is 0 Å². The van der Waals surface area contributed by atoms with Gasteiger partial charge < -0.3 is 5.73 Å². The summed E-state index contributed by atoms with van der Waals surface area (Å²) in [5.41, 5.74) is 5.23. The van der Waals surface area contributed by atoms with Gasteiger partial charge in [-0.25, -0.2) is 4.39 Å². The topological polar surface area (TPSA) is 26.0 Å². The van der Waals surface area contributed by atoms with Gasteiger partial charge in [0, 0.05) is 5.54 Å². The predicted molar refractivity (Wildman–Crippen MR) is 54.5 cm³/mol. The third-order valence-corrected chi connectivity index (χ3v) is 4.88. The molecule has 0 saturated heterocycles. The van der Waals surface area contributed by atoms with Crippen LogP contribution in [0.5, 0.6) is 0 Å². The van der Waals surface area contributed by atoms with Gasteiger partial charge in [-0.15, -0.1) is 6.58 Å². The van der Waals surface area contributed by atoms with Gasteiger partial charge in [-0.05, 0) is 49.9 Å². The van der Waals surface area contributed by atoms with Crippen LogP contribution in [-0.2, 0) is 0 Å². The second-order valence-electron chi connectivity index (χ2n) is 5.70. The smallest absolute Gasteiger partial charge is 0.112 e. The molecule has 0 aliphatic heterocycles. The molecule has 4 rings (SSSR count). The lowest BCUT2D eigenvalue weighted by atomic mass is 9.48. The first kappa shape index (κ1) is 8.90. The highest BCUT2D eigenvalue weighted by Crippen LogP contribution is 2.60. The molecule has 78 valence electrons. The van der Waals surface area contributed by atoms with Crippen molar-refractivity contribution in [2.24, 2.45) is 23.5 Å². The molecule has 4 fully saturated rings. The molecular weight excluding hydrogens is 177 g/mol. The van der Waals surface area contributed by atoms with Crippen molar-refractivity contribution in [1.29, 1.82) is 0 Å². The molecule has 0 amide bonds. The van der Waals surface area contributed by atoms with Crippen LogP contribution in [-0.4, -0.2) is 11.2 Å². The van der Waals surface area contributed by atoms with Gasteiger partial charge in [0.25, 0.3) is 0 Å². The minimum absolute atomic E-state index is 0.257. The molecule has 2 N–H and O–H groups in total. The first-order valence-corrected chi connectivity index (χ1v) is 5.67. The molecule has 2 heteroatoms. The van der Waals surface area contributed by atoms with E-state index in [1.807, 2.05) is 6.08 Å². The highest BCUT2D eigenvalue weighted by Gasteiger charge is 2.60. The quantitative estimate of drug-likeness (QED) is 0.639. The lowest BCUT2D eigenvalue weighted by Gasteiger charge is -2.60. The molecule has 0 aromatic carbocycles. The Bertz CT molecular complexity index is 270. The van der Waals surface area contributed by atoms with Crippen molar-refractivity contribution < 1.29 is 4.39 Å². The Morgan fingerprint density at radius 3 is 2.21 bits per heavy atom. The molecule has 14 heavy (non-hydrogen) atoms. The van der Waals surface area contributed by atoms with Gasteiger partial charge in [0.05, 0.1) is 0 Å². The third kappa shape index (κ3) is 0.928. The summed E-state index contributed by atoms with van der Waals surface area (Å²) < 4.78 is 14.3. The Balaban J connectivity index is 2.00. The summed E-state index contributed by atoms with van der Waals surface area (Å²) >= 11 is 0. The van der Waals surface area contributed by atoms with Gasteiger partial charge in [-0.2, -0.15) is 0 Å². The van der Waals surface area contributed by atoms with Crippen LogP contribution >= 0.6 is 0 Å². The highest BCUT2D eigenvalue weighted by atomic mass is 19.1. The predicted octanol–water partition coefficient (Wildman–Crippen LogP) is 2.42. The molecule has 4 bridgehead atoms. The molecule has 0 heterocycles. The van der Waals surface area contributed by atoms with E-state index in [4.69, 9.17) is 5.73 Å². The Morgan fingerprint density at radius 1 is 1.21 bits per heavy atom. The van der Waals surface area contributed by atoms with Crippen LogP contribution in [0, 0.1) is 17.8 Å². The molecular formula is C12H18FN. The summed E-state index contributed by atoms with van der Waals surface area (Å²) in [5, 5.41) is 0. The molecule has 0 aromatic rings. The largest absolute Gasteiger partial charge is 0.321 e. The minimum Gasteiger partial charge on any atom is -0.321 e. The van der Waals surface area contributed by atoms with Crippen LogP contribution in [0.1, 0.15) is 32.1 Å². The zero-order chi connectivity index (χ0) is 9.97. The van der Waals surface area contributed by atoms with E-state index >= 15 is 0 Å². The molecule has 4 saturated carbocycles. The number of halogens is 1. The Labute approximate surface area is 84.6 Å². The van der Waals surface area contributed by atoms with Crippen molar-refractivity contribution >= 4 is 0 Å². The van der Waals surface area contributed by atoms with Crippen molar-refractivity contribution in [2.45, 2.75) is 43.3 Å². The average molecular weight is 195 g/mol. The van der Waals surface area contributed by atoms with Crippen molar-refractivity contribution in [3.8, 4) is 0 Å². The maximum Gasteiger partial charge on any atom is 0.112 e. The SMILES string of the molecule is C=C[C@@]1(N)[C@@H]2C[C@@H]3C[C@H]1C[C@@](F)(C3)C2. The van der Waals surface area contributed by atoms with E-state index in [0.29, 0.717) is 30.6 Å². The molecule has 1 nitrogen and oxygen atoms in total. The van der Waals surface area contributed by atoms with Gasteiger partial charge in [-0.1, -0.05) is 6.08 Å². The molecule has 0 spiro atoms. The van der Waals surface area contributed by atoms with E-state index in [9.17, 15) is 4.39 Å². The Morgan fingerprint density at radius 2 is 1.79 bits per heavy atom. The van der Waals surface area contributed by atoms with E-state index in [1.54, 1.807) is 0 Å². The van der Waals surface area contributed by atoms with E-state index < -0.39 is 5.67 Å². The molecule has 4 aliphatic carbocycles. The van der Waals surface area contributed by atoms with E-state index in [2.05, 4.69) is 6.58 Å². The van der Waals surface area contributed by atoms with Gasteiger partial charge in [0.2, 0.25) is 0 Å². The van der Waals surface area contributed by atoms with E-state index in [-0.39, 0.29) is 5.54 Å². The number of hydrogen-bond donors (Lipinski definition) is 1. The molecule has 0 aromatic heterocycles. The summed E-state index contributed by atoms with van der Waals surface area (Å²) in [6.07, 6.45) is 6.32. The monoisotopic (exact) mass is 195 g/mol. The average Bonchev–Trinajstić information content (AvgIpc) is 2.11. The molecule has 4 aliphatic rings. The van der Waals surface area contributed by atoms with Crippen LogP contribution in [0.15, 0.2) is 12.7 Å². The van der Waals surface area contributed by atoms with Crippen LogP contribution in [0.2, 0.25) is 0 Å². The zero-order valence-corrected chi connectivity index (χ0v) is 8.51. The summed E-state index contributed by atoms with van der Waals surface area (Å²) in [6, 6.07) is 0. The van der Waals surface area contributed by atoms with Crippen LogP contribution in [0.3, 0.4) is 0 Å². The third-order valence-electron chi connectivity index (χ3n) is 4.88. The van der Waals surface area contributed by atoms with Gasteiger partial charge >= 0.3 is 0 Å². The Hall–Kier alpha value is -0.370. The van der Waals surface area contributed by atoms with Crippen molar-refractivity contribution in [3.05, 3.63) is 12.7 Å². The highest BCUT2D eigenvalue weighted by molar-refractivity contribution is 5.20. The second kappa shape index (κ2) is 2.41. The lowest BCUT2D eigenvalue weighted by molar-refractivity contribution is -0.106. The van der Waals surface area contributed by atoms with Crippen LogP contribution < -0.4 is 5.73 Å². The Kier molecular flexibility index (Phi) is 1.53. The maximum atomic E-state index is 14.3. The van der Waals surface area contributed by atoms with E-state index in [1.165, 1.54) is 0 Å². The molecule has 0 radical (unpaired) electrons. The first-order valence-electron chi connectivity index (χ1n) is 5.67. The minimum atomic E-state index is -0.873. The van der Waals surface area contributed by atoms with Crippen molar-refractivity contribution in [3.63, 3.8) is 0 Å². The van der Waals surface area contributed by atoms with Gasteiger partial charge in [-0.3, -0.25) is 0 Å². The maximum absolute atomic E-state index is 14.3. The standard InChI is InChI=1S/C12H18FN/c1-2-12(14)9-3-8-4-10(12)7-11(13,5-8)6-9/h2,8-10H,1,3-7,14H2/t8-,9-,10+,11-,12-. The van der Waals surface area contributed by atoms with Crippen molar-refractivity contribution in [2.75, 3.05) is 0 Å². The molecule has 5 atom stereocenters. The summed E-state index contributed by atoms with van der Waals surface area (Å²) in [5.74, 6) is 1.32. The second-order valence-corrected chi connectivity index (χ2v) is 5.70. The summed E-state index contributed by atoms with van der Waals surface area (Å²) in [4.78, 5) is 0. The van der Waals surface area contributed by atoms with Gasteiger partial charge in [0.15, 0.2) is 0 Å². The number of hydrogen-bond acceptors (Lipinski definition) is 1. The number of rotatable bonds is 1. The van der Waals surface area contributed by atoms with E-state index in [0.717, 1.165) is 19.3 Å². The number of nitrogens with two attached hydrogens (primary N) is 1. The lowest BCUT2D eigenvalue weighted by Crippen LogP contribution is -2.65. The number of alkyl halides is 1. The molecule has 0 unspecified atom stereocenters. The fraction of sp³-hybridized carbons (Fsp3) is 0.833.